The number of ether oxygens (including phenoxy) is 3. The zero-order valence-corrected chi connectivity index (χ0v) is 73.0. The van der Waals surface area contributed by atoms with E-state index in [4.69, 9.17) is 4.74 Å². The van der Waals surface area contributed by atoms with Crippen molar-refractivity contribution in [3.8, 4) is 68.6 Å². The van der Waals surface area contributed by atoms with Gasteiger partial charge in [0.15, 0.2) is 59.9 Å². The molecular weight excluding hydrogens is 2000 g/mol. The second-order valence-electron chi connectivity index (χ2n) is 28.3. The van der Waals surface area contributed by atoms with Crippen molar-refractivity contribution in [1.82, 2.24) is 102 Å². The number of thiazole rings is 4. The lowest BCUT2D eigenvalue weighted by atomic mass is 10.2. The normalized spacial score (nSPS) is 12.0. The van der Waals surface area contributed by atoms with Gasteiger partial charge in [-0.1, -0.05) is 18.2 Å². The number of pyridine rings is 1. The summed E-state index contributed by atoms with van der Waals surface area (Å²) in [5, 5.41) is 20.9. The van der Waals surface area contributed by atoms with Crippen LogP contribution in [0.1, 0.15) is 34.2 Å². The average Bonchev–Trinajstić information content (AvgIpc) is 1.56. The second-order valence-corrected chi connectivity index (χ2v) is 31.7. The summed E-state index contributed by atoms with van der Waals surface area (Å²) in [4.78, 5) is 63.8. The number of hydrogen-bond donors (Lipinski definition) is 5. The van der Waals surface area contributed by atoms with Crippen molar-refractivity contribution in [3.63, 3.8) is 0 Å². The van der Waals surface area contributed by atoms with Gasteiger partial charge in [0.05, 0.1) is 80.2 Å². The molecular formula is C85H51F23N26O3S4. The van der Waals surface area contributed by atoms with Crippen LogP contribution < -0.4 is 40.8 Å². The van der Waals surface area contributed by atoms with E-state index in [1.165, 1.54) is 165 Å². The molecule has 5 aromatic carbocycles. The minimum Gasteiger partial charge on any atom is -0.497 e. The highest BCUT2D eigenvalue weighted by Gasteiger charge is 2.45. The molecule has 0 aliphatic heterocycles. The zero-order valence-electron chi connectivity index (χ0n) is 69.8. The number of para-hydroxylation sites is 1. The van der Waals surface area contributed by atoms with Crippen molar-refractivity contribution in [2.75, 3.05) is 33.7 Å². The number of nitrogens with zero attached hydrogens (tertiary/aromatic N) is 21. The monoisotopic (exact) mass is 2050 g/mol. The molecule has 0 radical (unpaired) electrons. The summed E-state index contributed by atoms with van der Waals surface area (Å²) in [7, 11) is 1.56. The third-order valence-electron chi connectivity index (χ3n) is 18.8. The molecule has 0 saturated carbocycles. The summed E-state index contributed by atoms with van der Waals surface area (Å²) >= 11 is 4.36. The number of alkyl halides is 23. The first-order chi connectivity index (χ1) is 67.0. The maximum absolute atomic E-state index is 13.5. The van der Waals surface area contributed by atoms with Crippen LogP contribution in [-0.4, -0.2) is 122 Å². The zero-order chi connectivity index (χ0) is 100. The lowest BCUT2D eigenvalue weighted by molar-refractivity contribution is -0.274. The predicted octanol–water partition coefficient (Wildman–Crippen LogP) is 25.0. The summed E-state index contributed by atoms with van der Waals surface area (Å²) in [6.07, 6.45) is -12.5. The standard InChI is InChI=1S/C18H10F6N6.C17H9F6N5OS.C17H10F5N5OS.C17H12F3N5OS.C16H10F3N5S/c19-17(20,21)10-3-5-11(6-4-10)27-13-8-25-9-14(28-13)30-12-2-1-7-26-15(12)29-16(30)18(22,23)24;18-16(19,20)14-13(28-5-6-30-15(28)27-14)11-7-24-8-12(26-11)25-9-1-3-10(4-2-9)29-17(21,22)23;18-15(19)28-10-3-1-9(2-4-10)24-12-8-23-7-11(25-12)13-14(17(20,21)22)26-16-27(13)5-6-29-16;1-26-11-4-2-10(3-5-11)22-13-9-21-8-12(23-13)14-15(17(18,19)20)24-16-25(14)6-7-27-16;17-16(18,19)14-13(24-6-7-25-15(24)23-14)11-8-20-9-12(22-11)21-10-4-2-1-3-5-10/h1-9H,(H,27,28);1-8H,(H,25,26);1-8,15H,(H,24,25);2-9H,1H3,(H,22,23);1-9H,(H,21,22). The number of nitrogens with one attached hydrogen (secondary N) is 5. The highest BCUT2D eigenvalue weighted by atomic mass is 32.1. The Morgan fingerprint density at radius 1 is 0.319 bits per heavy atom. The number of benzene rings is 5. The van der Waals surface area contributed by atoms with Crippen LogP contribution in [0.2, 0.25) is 0 Å². The first-order valence-electron chi connectivity index (χ1n) is 39.3. The van der Waals surface area contributed by atoms with Gasteiger partial charge in [-0.3, -0.25) is 47.1 Å². The second kappa shape index (κ2) is 40.0. The third kappa shape index (κ3) is 23.4. The minimum atomic E-state index is -4.82. The molecule has 29 nitrogen and oxygen atoms in total. The molecule has 0 aliphatic carbocycles. The van der Waals surface area contributed by atoms with E-state index >= 15 is 0 Å². The fraction of sp³-hybridized carbons (Fsp3) is 0.106. The molecule has 0 unspecified atom stereocenters. The smallest absolute Gasteiger partial charge is 0.497 e. The minimum absolute atomic E-state index is 0.0223. The molecule has 0 spiro atoms. The molecule has 0 saturated heterocycles. The largest absolute Gasteiger partial charge is 0.573 e. The van der Waals surface area contributed by atoms with Gasteiger partial charge in [-0.25, -0.2) is 54.8 Å². The molecule has 56 heteroatoms. The number of aromatic nitrogens is 21. The summed E-state index contributed by atoms with van der Waals surface area (Å²) < 4.78 is 320. The van der Waals surface area contributed by atoms with Gasteiger partial charge >= 0.3 is 50.0 Å². The van der Waals surface area contributed by atoms with Crippen LogP contribution in [0.3, 0.4) is 0 Å². The van der Waals surface area contributed by atoms with Gasteiger partial charge in [-0.05, 0) is 121 Å². The van der Waals surface area contributed by atoms with Crippen LogP contribution in [0.25, 0.3) is 82.4 Å². The van der Waals surface area contributed by atoms with E-state index in [0.717, 1.165) is 86.1 Å². The molecule has 20 rings (SSSR count). The predicted molar refractivity (Wildman–Crippen MR) is 469 cm³/mol. The SMILES string of the molecule is COc1ccc(Nc2cncc(-c3c(C(F)(F)F)nc4sccn34)n2)cc1.FC(F)(F)Oc1ccc(Nc2cncc(-c3c(C(F)(F)F)nc4sccn34)n2)cc1.FC(F)(F)c1ccc(Nc2cncc(-n3c(C(F)(F)F)nc4ncccc43)n2)cc1.FC(F)(F)c1nc2sccn2c1-c1cncc(Nc2ccccc2)n1.FC(F)Oc1ccc(Nc2cncc(-c3c(C(F)(F)F)nc4sccn34)n2)cc1. The molecule has 20 aromatic rings. The van der Waals surface area contributed by atoms with Crippen molar-refractivity contribution in [1.29, 1.82) is 0 Å². The van der Waals surface area contributed by atoms with E-state index in [0.29, 0.717) is 34.4 Å². The summed E-state index contributed by atoms with van der Waals surface area (Å²) in [5.74, 6) is -0.204. The Kier molecular flexibility index (Phi) is 27.7. The Hall–Kier alpha value is -16.4. The van der Waals surface area contributed by atoms with Crippen LogP contribution in [0.5, 0.6) is 17.2 Å². The summed E-state index contributed by atoms with van der Waals surface area (Å²) in [6.45, 7) is -2.94. The van der Waals surface area contributed by atoms with Crippen LogP contribution in [-0.2, 0) is 37.1 Å². The fourth-order valence-corrected chi connectivity index (χ4v) is 15.9. The molecule has 141 heavy (non-hydrogen) atoms. The molecule has 5 N–H and O–H groups in total. The van der Waals surface area contributed by atoms with Gasteiger partial charge in [-0.2, -0.15) is 87.8 Å². The fourth-order valence-electron chi connectivity index (χ4n) is 13.1. The van der Waals surface area contributed by atoms with Crippen LogP contribution in [0, 0.1) is 0 Å². The number of anilines is 10. The lowest BCUT2D eigenvalue weighted by Crippen LogP contribution is -2.16. The number of rotatable bonds is 19. The van der Waals surface area contributed by atoms with Gasteiger partial charge in [0.1, 0.15) is 86.1 Å². The molecule has 15 aromatic heterocycles. The summed E-state index contributed by atoms with van der Waals surface area (Å²) in [6, 6.07) is 33.5. The number of hydrogen-bond acceptors (Lipinski definition) is 28. The van der Waals surface area contributed by atoms with Gasteiger partial charge in [0.2, 0.25) is 5.82 Å². The van der Waals surface area contributed by atoms with Gasteiger partial charge in [-0.15, -0.1) is 58.5 Å². The molecule has 0 atom stereocenters. The molecule has 0 fully saturated rings. The van der Waals surface area contributed by atoms with E-state index in [9.17, 15) is 101 Å². The maximum atomic E-state index is 13.5. The number of imidazole rings is 5. The first-order valence-corrected chi connectivity index (χ1v) is 42.8. The van der Waals surface area contributed by atoms with Crippen molar-refractivity contribution < 1.29 is 115 Å². The Bertz CT molecular complexity index is 7730. The average molecular weight is 2050 g/mol. The first kappa shape index (κ1) is 97.7. The van der Waals surface area contributed by atoms with Crippen molar-refractivity contribution >= 4 is 134 Å². The lowest BCUT2D eigenvalue weighted by Gasteiger charge is -2.12. The van der Waals surface area contributed by atoms with Crippen LogP contribution in [0.15, 0.2) is 254 Å². The Morgan fingerprint density at radius 3 is 0.972 bits per heavy atom. The van der Waals surface area contributed by atoms with E-state index in [1.54, 1.807) is 52.9 Å². The van der Waals surface area contributed by atoms with Gasteiger partial charge in [0, 0.05) is 80.9 Å². The van der Waals surface area contributed by atoms with Gasteiger partial charge < -0.3 is 40.8 Å². The van der Waals surface area contributed by atoms with Crippen LogP contribution in [0.4, 0.5) is 159 Å². The van der Waals surface area contributed by atoms with Crippen molar-refractivity contribution in [2.45, 2.75) is 50.0 Å². The van der Waals surface area contributed by atoms with E-state index in [-0.39, 0.29) is 111 Å². The van der Waals surface area contributed by atoms with E-state index < -0.39 is 89.9 Å². The Morgan fingerprint density at radius 2 is 0.645 bits per heavy atom. The van der Waals surface area contributed by atoms with Crippen molar-refractivity contribution in [3.05, 3.63) is 288 Å². The summed E-state index contributed by atoms with van der Waals surface area (Å²) in [5.41, 5.74) is -3.11. The van der Waals surface area contributed by atoms with Crippen LogP contribution >= 0.6 is 45.3 Å². The Labute approximate surface area is 787 Å². The number of methoxy groups -OCH3 is 1. The van der Waals surface area contributed by atoms with Crippen molar-refractivity contribution in [2.24, 2.45) is 0 Å². The maximum Gasteiger partial charge on any atom is 0.573 e. The third-order valence-corrected chi connectivity index (χ3v) is 21.8. The molecule has 0 aliphatic rings. The number of halogens is 23. The molecule has 0 bridgehead atoms. The quantitative estimate of drug-likeness (QED) is 0.0470. The Balaban J connectivity index is 0.000000127. The molecule has 0 amide bonds. The molecule has 15 heterocycles. The highest BCUT2D eigenvalue weighted by molar-refractivity contribution is 7.16. The highest BCUT2D eigenvalue weighted by Crippen LogP contribution is 2.45. The van der Waals surface area contributed by atoms with E-state index in [1.807, 2.05) is 30.3 Å². The molecule has 724 valence electrons. The topological polar surface area (TPSA) is 317 Å². The van der Waals surface area contributed by atoms with Gasteiger partial charge in [0.25, 0.3) is 0 Å². The van der Waals surface area contributed by atoms with E-state index in [2.05, 4.69) is 116 Å². The number of fused-ring (bicyclic) bond motifs is 5.